The van der Waals surface area contributed by atoms with Gasteiger partial charge >= 0.3 is 0 Å². The molecule has 0 radical (unpaired) electrons. The maximum atomic E-state index is 12.5. The summed E-state index contributed by atoms with van der Waals surface area (Å²) >= 11 is 1.41. The van der Waals surface area contributed by atoms with Gasteiger partial charge < -0.3 is 19.0 Å². The summed E-state index contributed by atoms with van der Waals surface area (Å²) in [6.45, 7) is 7.80. The molecule has 3 rings (SSSR count). The second kappa shape index (κ2) is 9.20. The second-order valence-electron chi connectivity index (χ2n) is 6.03. The van der Waals surface area contributed by atoms with E-state index in [0.717, 1.165) is 32.7 Å². The fourth-order valence-electron chi connectivity index (χ4n) is 2.90. The fraction of sp³-hybridized carbons (Fsp3) is 0.588. The third-order valence-corrected chi connectivity index (χ3v) is 5.43. The van der Waals surface area contributed by atoms with Gasteiger partial charge in [0.05, 0.1) is 25.2 Å². The Hall–Kier alpha value is -1.84. The van der Waals surface area contributed by atoms with E-state index < -0.39 is 0 Å². The number of hydrogen-bond donors (Lipinski definition) is 0. The van der Waals surface area contributed by atoms with Crippen molar-refractivity contribution in [3.63, 3.8) is 0 Å². The number of hydrogen-bond acceptors (Lipinski definition) is 7. The Morgan fingerprint density at radius 1 is 1.31 bits per heavy atom. The number of piperazine rings is 1. The van der Waals surface area contributed by atoms with Gasteiger partial charge in [0.2, 0.25) is 11.7 Å². The van der Waals surface area contributed by atoms with Crippen LogP contribution in [-0.2, 0) is 16.1 Å². The van der Waals surface area contributed by atoms with Crippen molar-refractivity contribution in [2.75, 3.05) is 52.2 Å². The molecule has 9 heteroatoms. The van der Waals surface area contributed by atoms with Gasteiger partial charge in [0.25, 0.3) is 0 Å². The standard InChI is InChI=1S/C17H25N5O3S/c1-3-20-6-8-21(9-7-20)15(23)13-26-17-19-18-16(14-5-4-11-25-14)22(17)10-12-24-2/h4-5,11H,3,6-10,12-13H2,1-2H3. The molecule has 0 bridgehead atoms. The molecular weight excluding hydrogens is 354 g/mol. The van der Waals surface area contributed by atoms with Gasteiger partial charge in [0, 0.05) is 33.3 Å². The minimum atomic E-state index is 0.145. The van der Waals surface area contributed by atoms with Crippen molar-refractivity contribution in [1.29, 1.82) is 0 Å². The Labute approximate surface area is 157 Å². The molecule has 0 spiro atoms. The van der Waals surface area contributed by atoms with Gasteiger partial charge in [-0.25, -0.2) is 0 Å². The molecule has 1 amide bonds. The van der Waals surface area contributed by atoms with Crippen molar-refractivity contribution in [2.24, 2.45) is 0 Å². The number of rotatable bonds is 8. The Bertz CT molecular complexity index is 695. The van der Waals surface area contributed by atoms with E-state index in [0.29, 0.717) is 35.6 Å². The number of thioether (sulfide) groups is 1. The number of likely N-dealkylation sites (N-methyl/N-ethyl adjacent to an activating group) is 1. The molecule has 0 atom stereocenters. The monoisotopic (exact) mass is 379 g/mol. The zero-order valence-corrected chi connectivity index (χ0v) is 16.1. The zero-order chi connectivity index (χ0) is 18.4. The lowest BCUT2D eigenvalue weighted by Crippen LogP contribution is -2.49. The van der Waals surface area contributed by atoms with Gasteiger partial charge in [0.1, 0.15) is 0 Å². The molecule has 1 saturated heterocycles. The number of amides is 1. The molecule has 8 nitrogen and oxygen atoms in total. The van der Waals surface area contributed by atoms with Crippen LogP contribution in [0.15, 0.2) is 28.0 Å². The van der Waals surface area contributed by atoms with Crippen LogP contribution < -0.4 is 0 Å². The Kier molecular flexibility index (Phi) is 6.70. The third-order valence-electron chi connectivity index (χ3n) is 4.47. The molecule has 1 aliphatic heterocycles. The van der Waals surface area contributed by atoms with Crippen molar-refractivity contribution in [2.45, 2.75) is 18.6 Å². The molecule has 1 fully saturated rings. The van der Waals surface area contributed by atoms with Crippen molar-refractivity contribution < 1.29 is 13.9 Å². The topological polar surface area (TPSA) is 76.6 Å². The number of furan rings is 1. The predicted molar refractivity (Wildman–Crippen MR) is 99.0 cm³/mol. The van der Waals surface area contributed by atoms with Gasteiger partial charge in [0.15, 0.2) is 10.9 Å². The molecule has 26 heavy (non-hydrogen) atoms. The Morgan fingerprint density at radius 3 is 2.77 bits per heavy atom. The summed E-state index contributed by atoms with van der Waals surface area (Å²) in [6.07, 6.45) is 1.61. The average molecular weight is 379 g/mol. The van der Waals surface area contributed by atoms with Crippen LogP contribution >= 0.6 is 11.8 Å². The van der Waals surface area contributed by atoms with Crippen LogP contribution in [0.5, 0.6) is 0 Å². The van der Waals surface area contributed by atoms with Gasteiger partial charge in [-0.15, -0.1) is 10.2 Å². The number of ether oxygens (including phenoxy) is 1. The molecule has 3 heterocycles. The summed E-state index contributed by atoms with van der Waals surface area (Å²) in [5, 5.41) is 9.19. The number of methoxy groups -OCH3 is 1. The van der Waals surface area contributed by atoms with E-state index in [9.17, 15) is 4.79 Å². The molecule has 0 saturated carbocycles. The van der Waals surface area contributed by atoms with E-state index in [1.165, 1.54) is 11.8 Å². The van der Waals surface area contributed by atoms with Crippen LogP contribution in [0.25, 0.3) is 11.6 Å². The quantitative estimate of drug-likeness (QED) is 0.642. The second-order valence-corrected chi connectivity index (χ2v) is 6.97. The largest absolute Gasteiger partial charge is 0.461 e. The summed E-state index contributed by atoms with van der Waals surface area (Å²) < 4.78 is 12.6. The SMILES string of the molecule is CCN1CCN(C(=O)CSc2nnc(-c3ccco3)n2CCOC)CC1. The van der Waals surface area contributed by atoms with Crippen LogP contribution in [0.3, 0.4) is 0 Å². The number of nitrogens with zero attached hydrogens (tertiary/aromatic N) is 5. The summed E-state index contributed by atoms with van der Waals surface area (Å²) in [5.74, 6) is 1.81. The van der Waals surface area contributed by atoms with Gasteiger partial charge in [-0.2, -0.15) is 0 Å². The first-order valence-corrected chi connectivity index (χ1v) is 9.80. The smallest absolute Gasteiger partial charge is 0.233 e. The van der Waals surface area contributed by atoms with Gasteiger partial charge in [-0.3, -0.25) is 9.36 Å². The third kappa shape index (κ3) is 4.46. The summed E-state index contributed by atoms with van der Waals surface area (Å²) in [5.41, 5.74) is 0. The summed E-state index contributed by atoms with van der Waals surface area (Å²) in [7, 11) is 1.66. The first-order valence-electron chi connectivity index (χ1n) is 8.82. The van der Waals surface area contributed by atoms with Crippen molar-refractivity contribution in [3.8, 4) is 11.6 Å². The van der Waals surface area contributed by atoms with Gasteiger partial charge in [-0.05, 0) is 18.7 Å². The molecule has 2 aromatic rings. The highest BCUT2D eigenvalue weighted by Gasteiger charge is 2.22. The lowest BCUT2D eigenvalue weighted by Gasteiger charge is -2.34. The van der Waals surface area contributed by atoms with E-state index in [-0.39, 0.29) is 5.91 Å². The molecule has 1 aliphatic rings. The Morgan fingerprint density at radius 2 is 2.12 bits per heavy atom. The zero-order valence-electron chi connectivity index (χ0n) is 15.3. The highest BCUT2D eigenvalue weighted by Crippen LogP contribution is 2.24. The molecule has 142 valence electrons. The van der Waals surface area contributed by atoms with Crippen LogP contribution in [0, 0.1) is 0 Å². The lowest BCUT2D eigenvalue weighted by atomic mass is 10.3. The predicted octanol–water partition coefficient (Wildman–Crippen LogP) is 1.44. The first-order chi connectivity index (χ1) is 12.7. The fourth-order valence-corrected chi connectivity index (χ4v) is 3.77. The number of carbonyl (C=O) groups excluding carboxylic acids is 1. The van der Waals surface area contributed by atoms with E-state index in [2.05, 4.69) is 22.0 Å². The maximum Gasteiger partial charge on any atom is 0.233 e. The van der Waals surface area contributed by atoms with Gasteiger partial charge in [-0.1, -0.05) is 18.7 Å². The first kappa shape index (κ1) is 18.9. The van der Waals surface area contributed by atoms with Crippen LogP contribution in [0.1, 0.15) is 6.92 Å². The van der Waals surface area contributed by atoms with Crippen LogP contribution in [0.2, 0.25) is 0 Å². The molecule has 0 N–H and O–H groups in total. The summed E-state index contributed by atoms with van der Waals surface area (Å²) in [4.78, 5) is 16.8. The maximum absolute atomic E-state index is 12.5. The number of aromatic nitrogens is 3. The molecule has 0 unspecified atom stereocenters. The molecular formula is C17H25N5O3S. The van der Waals surface area contributed by atoms with E-state index >= 15 is 0 Å². The minimum Gasteiger partial charge on any atom is -0.461 e. The average Bonchev–Trinajstić information content (AvgIpc) is 3.34. The van der Waals surface area contributed by atoms with Crippen molar-refractivity contribution >= 4 is 17.7 Å². The van der Waals surface area contributed by atoms with Crippen LogP contribution in [0.4, 0.5) is 0 Å². The van der Waals surface area contributed by atoms with E-state index in [1.54, 1.807) is 13.4 Å². The molecule has 2 aromatic heterocycles. The lowest BCUT2D eigenvalue weighted by molar-refractivity contribution is -0.130. The number of carbonyl (C=O) groups is 1. The highest BCUT2D eigenvalue weighted by molar-refractivity contribution is 7.99. The minimum absolute atomic E-state index is 0.145. The normalized spacial score (nSPS) is 15.5. The highest BCUT2D eigenvalue weighted by atomic mass is 32.2. The molecule has 0 aromatic carbocycles. The summed E-state index contributed by atoms with van der Waals surface area (Å²) in [6, 6.07) is 3.66. The van der Waals surface area contributed by atoms with Crippen LogP contribution in [-0.4, -0.2) is 82.7 Å². The van der Waals surface area contributed by atoms with Crippen molar-refractivity contribution in [1.82, 2.24) is 24.6 Å². The van der Waals surface area contributed by atoms with E-state index in [1.807, 2.05) is 21.6 Å². The Balaban J connectivity index is 1.63. The molecule has 0 aliphatic carbocycles. The van der Waals surface area contributed by atoms with Crippen molar-refractivity contribution in [3.05, 3.63) is 18.4 Å². The van der Waals surface area contributed by atoms with E-state index in [4.69, 9.17) is 9.15 Å².